The first-order chi connectivity index (χ1) is 22.1. The lowest BCUT2D eigenvalue weighted by molar-refractivity contribution is -0.260. The number of oxazole rings is 1. The van der Waals surface area contributed by atoms with Crippen LogP contribution in [0, 0.1) is 18.8 Å². The highest BCUT2D eigenvalue weighted by Gasteiger charge is 2.62. The quantitative estimate of drug-likeness (QED) is 0.242. The van der Waals surface area contributed by atoms with Gasteiger partial charge in [0, 0.05) is 5.56 Å². The molecule has 3 heterocycles. The van der Waals surface area contributed by atoms with Crippen molar-refractivity contribution >= 4 is 27.5 Å². The number of alkyl halides is 3. The molecule has 2 saturated carbocycles. The van der Waals surface area contributed by atoms with Crippen molar-refractivity contribution < 1.29 is 42.1 Å². The first kappa shape index (κ1) is 33.0. The van der Waals surface area contributed by atoms with Gasteiger partial charge in [-0.15, -0.1) is 11.3 Å². The van der Waals surface area contributed by atoms with Gasteiger partial charge in [-0.2, -0.15) is 13.2 Å². The summed E-state index contributed by atoms with van der Waals surface area (Å²) in [4.78, 5) is 45.5. The molecule has 2 aliphatic carbocycles. The Labute approximate surface area is 270 Å². The van der Waals surface area contributed by atoms with E-state index in [-0.39, 0.29) is 35.5 Å². The Bertz CT molecular complexity index is 1930. The van der Waals surface area contributed by atoms with Crippen molar-refractivity contribution in [3.8, 4) is 16.5 Å². The number of rotatable bonds is 9. The molecule has 1 aromatic carbocycles. The van der Waals surface area contributed by atoms with E-state index in [0.29, 0.717) is 26.3 Å². The Morgan fingerprint density at radius 2 is 1.85 bits per heavy atom. The summed E-state index contributed by atoms with van der Waals surface area (Å²) in [6.45, 7) is 4.01. The zero-order valence-corrected chi connectivity index (χ0v) is 26.9. The molecule has 2 fully saturated rings. The predicted octanol–water partition coefficient (Wildman–Crippen LogP) is 5.26. The monoisotopic (exact) mass is 677 g/mol. The van der Waals surface area contributed by atoms with Crippen molar-refractivity contribution in [2.45, 2.75) is 82.5 Å². The number of carboxylic acid groups (broad SMARTS) is 1. The lowest BCUT2D eigenvalue weighted by atomic mass is 9.97. The fourth-order valence-corrected chi connectivity index (χ4v) is 8.37. The van der Waals surface area contributed by atoms with Crippen molar-refractivity contribution in [1.82, 2.24) is 14.1 Å². The molecule has 0 aliphatic heterocycles. The molecule has 0 amide bonds. The van der Waals surface area contributed by atoms with Crippen molar-refractivity contribution in [3.05, 3.63) is 68.7 Å². The molecule has 15 heteroatoms. The Hall–Kier alpha value is -3.95. The van der Waals surface area contributed by atoms with Crippen molar-refractivity contribution in [1.29, 1.82) is 0 Å². The number of fused-ring (bicyclic) bond motifs is 2. The average molecular weight is 678 g/mol. The molecule has 2 unspecified atom stereocenters. The number of carboxylic acids is 1. The molecule has 2 N–H and O–H groups in total. The number of aliphatic carboxylic acids is 1. The number of benzene rings is 1. The van der Waals surface area contributed by atoms with E-state index in [1.54, 1.807) is 31.2 Å². The molecular formula is C32H34F3N3O8S. The second kappa shape index (κ2) is 11.6. The molecule has 5 atom stereocenters. The summed E-state index contributed by atoms with van der Waals surface area (Å²) in [5.74, 6) is -1.53. The average Bonchev–Trinajstić information content (AvgIpc) is 3.78. The van der Waals surface area contributed by atoms with Gasteiger partial charge in [-0.1, -0.05) is 18.2 Å². The van der Waals surface area contributed by atoms with Gasteiger partial charge >= 0.3 is 17.8 Å². The smallest absolute Gasteiger partial charge is 0.417 e. The van der Waals surface area contributed by atoms with E-state index >= 15 is 0 Å². The number of nitrogens with zero attached hydrogens (tertiary/aromatic N) is 3. The summed E-state index contributed by atoms with van der Waals surface area (Å²) in [5.41, 5.74) is -5.31. The summed E-state index contributed by atoms with van der Waals surface area (Å²) in [7, 11) is 1.47. The third-order valence-electron chi connectivity index (χ3n) is 9.64. The number of aliphatic hydroxyl groups is 1. The van der Waals surface area contributed by atoms with E-state index in [1.165, 1.54) is 38.0 Å². The minimum atomic E-state index is -4.73. The number of thiophene rings is 1. The number of para-hydroxylation sites is 1. The van der Waals surface area contributed by atoms with Gasteiger partial charge in [-0.05, 0) is 69.9 Å². The molecule has 4 aromatic rings. The normalized spacial score (nSPS) is 23.7. The zero-order valence-electron chi connectivity index (χ0n) is 26.0. The highest BCUT2D eigenvalue weighted by atomic mass is 32.1. The van der Waals surface area contributed by atoms with Crippen molar-refractivity contribution in [3.63, 3.8) is 0 Å². The first-order valence-electron chi connectivity index (χ1n) is 15.1. The van der Waals surface area contributed by atoms with E-state index in [0.717, 1.165) is 11.3 Å². The van der Waals surface area contributed by atoms with Crippen LogP contribution in [-0.4, -0.2) is 55.3 Å². The van der Waals surface area contributed by atoms with Crippen molar-refractivity contribution in [2.75, 3.05) is 7.11 Å². The summed E-state index contributed by atoms with van der Waals surface area (Å²) < 4.78 is 60.5. The van der Waals surface area contributed by atoms with E-state index in [9.17, 15) is 37.8 Å². The molecule has 47 heavy (non-hydrogen) atoms. The number of carbonyl (C=O) groups is 1. The maximum Gasteiger partial charge on any atom is 0.417 e. The van der Waals surface area contributed by atoms with Crippen LogP contribution in [0.2, 0.25) is 0 Å². The second-order valence-electron chi connectivity index (χ2n) is 12.9. The number of ether oxygens (including phenoxy) is 2. The van der Waals surface area contributed by atoms with Gasteiger partial charge in [-0.3, -0.25) is 9.36 Å². The van der Waals surface area contributed by atoms with Crippen LogP contribution in [0.3, 0.4) is 0 Å². The minimum Gasteiger partial charge on any atom is -0.496 e. The molecule has 0 saturated heterocycles. The summed E-state index contributed by atoms with van der Waals surface area (Å²) in [5, 5.41) is 20.5. The lowest BCUT2D eigenvalue weighted by Gasteiger charge is -2.29. The Morgan fingerprint density at radius 3 is 2.43 bits per heavy atom. The first-order valence-corrected chi connectivity index (χ1v) is 15.9. The van der Waals surface area contributed by atoms with Gasteiger partial charge < -0.3 is 24.1 Å². The second-order valence-corrected chi connectivity index (χ2v) is 13.9. The number of aromatic nitrogens is 3. The molecule has 0 spiro atoms. The van der Waals surface area contributed by atoms with Gasteiger partial charge in [-0.25, -0.2) is 19.1 Å². The van der Waals surface area contributed by atoms with Crippen LogP contribution in [0.5, 0.6) is 5.75 Å². The van der Waals surface area contributed by atoms with Gasteiger partial charge in [0.1, 0.15) is 28.5 Å². The van der Waals surface area contributed by atoms with Crippen LogP contribution in [0.1, 0.15) is 56.8 Å². The minimum absolute atomic E-state index is 0.123. The number of aryl methyl sites for hydroxylation is 1. The van der Waals surface area contributed by atoms with Crippen molar-refractivity contribution in [2.24, 2.45) is 11.8 Å². The van der Waals surface area contributed by atoms with E-state index in [1.807, 2.05) is 0 Å². The molecule has 6 rings (SSSR count). The number of methoxy groups -OCH3 is 1. The Morgan fingerprint density at radius 1 is 1.19 bits per heavy atom. The van der Waals surface area contributed by atoms with E-state index in [4.69, 9.17) is 13.9 Å². The number of hydrogen-bond acceptors (Lipinski definition) is 9. The third-order valence-corrected chi connectivity index (χ3v) is 10.9. The Balaban J connectivity index is 1.47. The summed E-state index contributed by atoms with van der Waals surface area (Å²) >= 11 is 1.09. The fourth-order valence-electron chi connectivity index (χ4n) is 7.13. The van der Waals surface area contributed by atoms with Gasteiger partial charge in [0.15, 0.2) is 5.60 Å². The standard InChI is InChI=1S/C32H34F3N3O8S/c1-16-23-26(39)38(30(2,3)28(40)41)29(42)37(27(23)47-24(16)25-36-9-10-45-25)15-22(20-7-5-6-8-21(20)44-4)46-19-11-17-13-31(43,32(33,34)35)14-18(17)12-19/h5-10,17-19,22,43H,11-15H2,1-4H3,(H,40,41)/t17-,18+,19-,22?,31?. The number of hydrogen-bond donors (Lipinski definition) is 2. The van der Waals surface area contributed by atoms with Crippen LogP contribution in [0.25, 0.3) is 21.0 Å². The van der Waals surface area contributed by atoms with Gasteiger partial charge in [0.25, 0.3) is 5.56 Å². The van der Waals surface area contributed by atoms with E-state index < -0.39 is 71.4 Å². The van der Waals surface area contributed by atoms with Gasteiger partial charge in [0.2, 0.25) is 5.89 Å². The van der Waals surface area contributed by atoms with E-state index in [2.05, 4.69) is 4.98 Å². The predicted molar refractivity (Wildman–Crippen MR) is 165 cm³/mol. The maximum atomic E-state index is 14.3. The number of halogens is 3. The molecule has 0 radical (unpaired) electrons. The molecule has 2 aliphatic rings. The highest BCUT2D eigenvalue weighted by Crippen LogP contribution is 2.55. The summed E-state index contributed by atoms with van der Waals surface area (Å²) in [6, 6.07) is 6.96. The van der Waals surface area contributed by atoms with Crippen LogP contribution in [-0.2, 0) is 21.6 Å². The highest BCUT2D eigenvalue weighted by molar-refractivity contribution is 7.22. The van der Waals surface area contributed by atoms with Crippen LogP contribution in [0.15, 0.2) is 50.7 Å². The van der Waals surface area contributed by atoms with Gasteiger partial charge in [0.05, 0.1) is 36.2 Å². The van der Waals surface area contributed by atoms with Crippen LogP contribution < -0.4 is 16.0 Å². The molecular weight excluding hydrogens is 643 g/mol. The third kappa shape index (κ3) is 5.47. The molecule has 11 nitrogen and oxygen atoms in total. The summed E-state index contributed by atoms with van der Waals surface area (Å²) in [6.07, 6.45) is -3.58. The largest absolute Gasteiger partial charge is 0.496 e. The molecule has 0 bridgehead atoms. The SMILES string of the molecule is COc1ccccc1C(Cn1c(=O)n(C(C)(C)C(=O)O)c(=O)c2c(C)c(-c3ncco3)sc21)O[C@@H]1C[C@@H]2CC(O)(C(F)(F)F)C[C@@H]2C1. The van der Waals surface area contributed by atoms with Crippen LogP contribution in [0.4, 0.5) is 13.2 Å². The maximum absolute atomic E-state index is 14.3. The molecule has 3 aromatic heterocycles. The Kier molecular flexibility index (Phi) is 8.16. The fraction of sp³-hybridized carbons (Fsp3) is 0.500. The zero-order chi connectivity index (χ0) is 34.1. The topological polar surface area (TPSA) is 146 Å². The van der Waals surface area contributed by atoms with Crippen LogP contribution >= 0.6 is 11.3 Å². The lowest BCUT2D eigenvalue weighted by Crippen LogP contribution is -2.52. The molecule has 252 valence electrons.